The Morgan fingerprint density at radius 3 is 2.69 bits per heavy atom. The van der Waals surface area contributed by atoms with Crippen molar-refractivity contribution in [1.82, 2.24) is 9.47 Å². The molecule has 3 rings (SSSR count). The van der Waals surface area contributed by atoms with Crippen LogP contribution >= 0.6 is 0 Å². The van der Waals surface area contributed by atoms with E-state index in [1.54, 1.807) is 12.1 Å². The maximum Gasteiger partial charge on any atom is 0.259 e. The zero-order chi connectivity index (χ0) is 18.7. The number of phenolic OH excluding ortho intramolecular Hbond substituents is 1. The zero-order valence-corrected chi connectivity index (χ0v) is 15.2. The largest absolute Gasteiger partial charge is 0.507 e. The number of amides is 1. The van der Waals surface area contributed by atoms with Gasteiger partial charge in [0.2, 0.25) is 0 Å². The molecule has 0 fully saturated rings. The first-order chi connectivity index (χ1) is 12.5. The van der Waals surface area contributed by atoms with Crippen LogP contribution in [0.1, 0.15) is 10.4 Å². The minimum Gasteiger partial charge on any atom is -0.507 e. The van der Waals surface area contributed by atoms with Gasteiger partial charge in [0.15, 0.2) is 0 Å². The van der Waals surface area contributed by atoms with Gasteiger partial charge in [-0.25, -0.2) is 0 Å². The lowest BCUT2D eigenvalue weighted by molar-refractivity contribution is 0.102. The average Bonchev–Trinajstić information content (AvgIpc) is 3.01. The van der Waals surface area contributed by atoms with Crippen LogP contribution in [-0.4, -0.2) is 48.2 Å². The Kier molecular flexibility index (Phi) is 5.14. The van der Waals surface area contributed by atoms with Crippen molar-refractivity contribution >= 4 is 22.5 Å². The molecule has 26 heavy (non-hydrogen) atoms. The molecule has 0 aliphatic carbocycles. The van der Waals surface area contributed by atoms with Gasteiger partial charge < -0.3 is 24.6 Å². The number of aromatic hydroxyl groups is 1. The number of methoxy groups -OCH3 is 1. The minimum atomic E-state index is -0.364. The van der Waals surface area contributed by atoms with E-state index in [0.29, 0.717) is 11.4 Å². The molecule has 0 aliphatic rings. The van der Waals surface area contributed by atoms with E-state index in [2.05, 4.69) is 21.0 Å². The van der Waals surface area contributed by atoms with Gasteiger partial charge in [-0.1, -0.05) is 0 Å². The van der Waals surface area contributed by atoms with Crippen LogP contribution in [0.4, 0.5) is 5.69 Å². The van der Waals surface area contributed by atoms with Crippen LogP contribution < -0.4 is 10.1 Å². The standard InChI is InChI=1S/C20H23N3O3/c1-22(2)10-11-23-9-8-14-12-15(4-7-18(14)23)21-20(25)17-6-5-16(26-3)13-19(17)24/h4-9,12-13,24H,10-11H2,1-3H3,(H,21,25). The maximum absolute atomic E-state index is 12.4. The predicted octanol–water partition coefficient (Wildman–Crippen LogP) is 3.17. The highest BCUT2D eigenvalue weighted by molar-refractivity contribution is 6.07. The maximum atomic E-state index is 12.4. The number of benzene rings is 2. The van der Waals surface area contributed by atoms with Gasteiger partial charge in [0.1, 0.15) is 11.5 Å². The SMILES string of the molecule is COc1ccc(C(=O)Nc2ccc3c(ccn3CCN(C)C)c2)c(O)c1. The van der Waals surface area contributed by atoms with Gasteiger partial charge >= 0.3 is 0 Å². The Morgan fingerprint density at radius 2 is 2.00 bits per heavy atom. The quantitative estimate of drug-likeness (QED) is 0.714. The lowest BCUT2D eigenvalue weighted by Crippen LogP contribution is -2.17. The molecule has 136 valence electrons. The summed E-state index contributed by atoms with van der Waals surface area (Å²) in [6, 6.07) is 12.4. The number of carbonyl (C=O) groups excluding carboxylic acids is 1. The summed E-state index contributed by atoms with van der Waals surface area (Å²) >= 11 is 0. The molecule has 0 radical (unpaired) electrons. The fourth-order valence-corrected chi connectivity index (χ4v) is 2.81. The third-order valence-corrected chi connectivity index (χ3v) is 4.27. The van der Waals surface area contributed by atoms with E-state index in [4.69, 9.17) is 4.74 Å². The summed E-state index contributed by atoms with van der Waals surface area (Å²) in [7, 11) is 5.61. The Bertz CT molecular complexity index is 931. The first kappa shape index (κ1) is 17.8. The second kappa shape index (κ2) is 7.49. The van der Waals surface area contributed by atoms with E-state index in [1.807, 2.05) is 38.4 Å². The number of aromatic nitrogens is 1. The van der Waals surface area contributed by atoms with Gasteiger partial charge in [0.25, 0.3) is 5.91 Å². The molecule has 1 aromatic heterocycles. The number of phenols is 1. The van der Waals surface area contributed by atoms with Crippen LogP contribution in [0.25, 0.3) is 10.9 Å². The Hall–Kier alpha value is -2.99. The van der Waals surface area contributed by atoms with Gasteiger partial charge in [0, 0.05) is 41.9 Å². The summed E-state index contributed by atoms with van der Waals surface area (Å²) in [6.45, 7) is 1.86. The van der Waals surface area contributed by atoms with Crippen molar-refractivity contribution in [1.29, 1.82) is 0 Å². The number of fused-ring (bicyclic) bond motifs is 1. The number of nitrogens with zero attached hydrogens (tertiary/aromatic N) is 2. The lowest BCUT2D eigenvalue weighted by atomic mass is 10.1. The van der Waals surface area contributed by atoms with Crippen molar-refractivity contribution in [2.75, 3.05) is 33.1 Å². The van der Waals surface area contributed by atoms with Gasteiger partial charge in [-0.3, -0.25) is 4.79 Å². The van der Waals surface area contributed by atoms with Crippen LogP contribution in [0.2, 0.25) is 0 Å². The van der Waals surface area contributed by atoms with Gasteiger partial charge in [-0.05, 0) is 50.5 Å². The summed E-state index contributed by atoms with van der Waals surface area (Å²) in [4.78, 5) is 14.6. The van der Waals surface area contributed by atoms with Crippen molar-refractivity contribution in [2.24, 2.45) is 0 Å². The fourth-order valence-electron chi connectivity index (χ4n) is 2.81. The molecule has 0 spiro atoms. The van der Waals surface area contributed by atoms with Crippen LogP contribution in [0.15, 0.2) is 48.7 Å². The molecule has 6 nitrogen and oxygen atoms in total. The number of likely N-dealkylation sites (N-methyl/N-ethyl adjacent to an activating group) is 1. The molecule has 2 aromatic carbocycles. The monoisotopic (exact) mass is 353 g/mol. The normalized spacial score (nSPS) is 11.1. The first-order valence-corrected chi connectivity index (χ1v) is 8.40. The minimum absolute atomic E-state index is 0.113. The van der Waals surface area contributed by atoms with E-state index in [1.165, 1.54) is 13.2 Å². The molecular formula is C20H23N3O3. The smallest absolute Gasteiger partial charge is 0.259 e. The predicted molar refractivity (Wildman–Crippen MR) is 103 cm³/mol. The zero-order valence-electron chi connectivity index (χ0n) is 15.2. The lowest BCUT2D eigenvalue weighted by Gasteiger charge is -2.12. The van der Waals surface area contributed by atoms with E-state index >= 15 is 0 Å². The van der Waals surface area contributed by atoms with Crippen LogP contribution in [0.5, 0.6) is 11.5 Å². The molecular weight excluding hydrogens is 330 g/mol. The van der Waals surface area contributed by atoms with E-state index < -0.39 is 0 Å². The highest BCUT2D eigenvalue weighted by Gasteiger charge is 2.13. The topological polar surface area (TPSA) is 66.7 Å². The fraction of sp³-hybridized carbons (Fsp3) is 0.250. The summed E-state index contributed by atoms with van der Waals surface area (Å²) < 4.78 is 7.23. The van der Waals surface area contributed by atoms with E-state index in [-0.39, 0.29) is 17.2 Å². The Labute approximate surface area is 152 Å². The Morgan fingerprint density at radius 1 is 1.19 bits per heavy atom. The third kappa shape index (κ3) is 3.81. The van der Waals surface area contributed by atoms with Crippen molar-refractivity contribution in [3.63, 3.8) is 0 Å². The summed E-state index contributed by atoms with van der Waals surface area (Å²) in [6.07, 6.45) is 2.05. The second-order valence-corrected chi connectivity index (χ2v) is 6.42. The van der Waals surface area contributed by atoms with Gasteiger partial charge in [-0.2, -0.15) is 0 Å². The Balaban J connectivity index is 1.77. The molecule has 6 heteroatoms. The molecule has 3 aromatic rings. The second-order valence-electron chi connectivity index (χ2n) is 6.42. The number of ether oxygens (including phenoxy) is 1. The summed E-state index contributed by atoms with van der Waals surface area (Å²) in [5.74, 6) is 0.0221. The third-order valence-electron chi connectivity index (χ3n) is 4.27. The molecule has 0 aliphatic heterocycles. The van der Waals surface area contributed by atoms with Crippen LogP contribution in [0.3, 0.4) is 0 Å². The summed E-state index contributed by atoms with van der Waals surface area (Å²) in [5, 5.41) is 13.9. The van der Waals surface area contributed by atoms with Gasteiger partial charge in [0.05, 0.1) is 12.7 Å². The van der Waals surface area contributed by atoms with Crippen molar-refractivity contribution in [3.05, 3.63) is 54.2 Å². The number of carbonyl (C=O) groups is 1. The highest BCUT2D eigenvalue weighted by Crippen LogP contribution is 2.25. The molecule has 0 unspecified atom stereocenters. The molecule has 1 heterocycles. The van der Waals surface area contributed by atoms with Crippen molar-refractivity contribution < 1.29 is 14.6 Å². The van der Waals surface area contributed by atoms with E-state index in [9.17, 15) is 9.90 Å². The number of nitrogens with one attached hydrogen (secondary N) is 1. The molecule has 0 saturated heterocycles. The summed E-state index contributed by atoms with van der Waals surface area (Å²) in [5.41, 5.74) is 2.01. The molecule has 0 atom stereocenters. The molecule has 0 bridgehead atoms. The van der Waals surface area contributed by atoms with Crippen molar-refractivity contribution in [2.45, 2.75) is 6.54 Å². The number of anilines is 1. The van der Waals surface area contributed by atoms with Crippen molar-refractivity contribution in [3.8, 4) is 11.5 Å². The average molecular weight is 353 g/mol. The molecule has 1 amide bonds. The first-order valence-electron chi connectivity index (χ1n) is 8.40. The highest BCUT2D eigenvalue weighted by atomic mass is 16.5. The number of hydrogen-bond acceptors (Lipinski definition) is 4. The van der Waals surface area contributed by atoms with Crippen LogP contribution in [0, 0.1) is 0 Å². The molecule has 0 saturated carbocycles. The molecule has 2 N–H and O–H groups in total. The van der Waals surface area contributed by atoms with E-state index in [0.717, 1.165) is 24.0 Å². The van der Waals surface area contributed by atoms with Gasteiger partial charge in [-0.15, -0.1) is 0 Å². The number of rotatable bonds is 6. The van der Waals surface area contributed by atoms with Crippen LogP contribution in [-0.2, 0) is 6.54 Å². The number of hydrogen-bond donors (Lipinski definition) is 2.